The average Bonchev–Trinajstić information content (AvgIpc) is 2.81. The van der Waals surface area contributed by atoms with Gasteiger partial charge < -0.3 is 10.6 Å². The third-order valence-corrected chi connectivity index (χ3v) is 6.41. The van der Waals surface area contributed by atoms with E-state index in [2.05, 4.69) is 44.6 Å². The van der Waals surface area contributed by atoms with Gasteiger partial charge in [0.2, 0.25) is 0 Å². The van der Waals surface area contributed by atoms with E-state index >= 15 is 0 Å². The SMILES string of the molecule is NC(=S)N/N=C/c1ccc(-c2ccc(N3CCN(CC4CCCCC4)CC3)nc2)cc1. The van der Waals surface area contributed by atoms with Gasteiger partial charge in [-0.1, -0.05) is 43.5 Å². The number of aromatic nitrogens is 1. The van der Waals surface area contributed by atoms with Gasteiger partial charge in [-0.2, -0.15) is 5.10 Å². The topological polar surface area (TPSA) is 69.8 Å². The molecule has 0 atom stereocenters. The van der Waals surface area contributed by atoms with Crippen LogP contribution < -0.4 is 16.1 Å². The molecule has 31 heavy (non-hydrogen) atoms. The first kappa shape index (κ1) is 21.7. The molecule has 0 radical (unpaired) electrons. The van der Waals surface area contributed by atoms with Crippen LogP contribution in [0.3, 0.4) is 0 Å². The molecule has 0 amide bonds. The van der Waals surface area contributed by atoms with Gasteiger partial charge in [0.25, 0.3) is 0 Å². The summed E-state index contributed by atoms with van der Waals surface area (Å²) >= 11 is 4.73. The molecule has 2 heterocycles. The number of nitrogens with two attached hydrogens (primary N) is 1. The summed E-state index contributed by atoms with van der Waals surface area (Å²) in [5.41, 5.74) is 11.1. The minimum Gasteiger partial charge on any atom is -0.375 e. The minimum absolute atomic E-state index is 0.157. The van der Waals surface area contributed by atoms with Crippen LogP contribution in [0, 0.1) is 5.92 Å². The molecule has 6 nitrogen and oxygen atoms in total. The van der Waals surface area contributed by atoms with Crippen molar-refractivity contribution in [3.8, 4) is 11.1 Å². The second-order valence-corrected chi connectivity index (χ2v) is 8.99. The number of thiocarbonyl (C=S) groups is 1. The van der Waals surface area contributed by atoms with Crippen LogP contribution in [0.25, 0.3) is 11.1 Å². The molecule has 1 aromatic carbocycles. The lowest BCUT2D eigenvalue weighted by atomic mass is 9.89. The van der Waals surface area contributed by atoms with Gasteiger partial charge in [0.05, 0.1) is 6.21 Å². The predicted octanol–water partition coefficient (Wildman–Crippen LogP) is 3.62. The van der Waals surface area contributed by atoms with Crippen LogP contribution in [-0.4, -0.2) is 53.9 Å². The van der Waals surface area contributed by atoms with E-state index in [9.17, 15) is 0 Å². The van der Waals surface area contributed by atoms with E-state index in [0.717, 1.165) is 54.6 Å². The quantitative estimate of drug-likeness (QED) is 0.410. The molecule has 1 aliphatic heterocycles. The van der Waals surface area contributed by atoms with Crippen LogP contribution in [0.15, 0.2) is 47.7 Å². The lowest BCUT2D eigenvalue weighted by Gasteiger charge is -2.37. The lowest BCUT2D eigenvalue weighted by molar-refractivity contribution is 0.192. The third-order valence-electron chi connectivity index (χ3n) is 6.32. The summed E-state index contributed by atoms with van der Waals surface area (Å²) in [6.07, 6.45) is 10.8. The summed E-state index contributed by atoms with van der Waals surface area (Å²) in [7, 11) is 0. The largest absolute Gasteiger partial charge is 0.375 e. The highest BCUT2D eigenvalue weighted by Crippen LogP contribution is 2.26. The van der Waals surface area contributed by atoms with Gasteiger partial charge >= 0.3 is 0 Å². The summed E-state index contributed by atoms with van der Waals surface area (Å²) in [6, 6.07) is 12.5. The van der Waals surface area contributed by atoms with Crippen molar-refractivity contribution in [2.75, 3.05) is 37.6 Å². The van der Waals surface area contributed by atoms with Crippen LogP contribution in [0.4, 0.5) is 5.82 Å². The predicted molar refractivity (Wildman–Crippen MR) is 132 cm³/mol. The van der Waals surface area contributed by atoms with Crippen molar-refractivity contribution >= 4 is 29.4 Å². The van der Waals surface area contributed by atoms with Crippen LogP contribution >= 0.6 is 12.2 Å². The maximum atomic E-state index is 5.36. The summed E-state index contributed by atoms with van der Waals surface area (Å²) in [4.78, 5) is 9.82. The molecule has 1 aromatic heterocycles. The van der Waals surface area contributed by atoms with E-state index in [1.807, 2.05) is 18.3 Å². The highest BCUT2D eigenvalue weighted by molar-refractivity contribution is 7.80. The molecule has 1 aliphatic carbocycles. The van der Waals surface area contributed by atoms with E-state index in [1.54, 1.807) is 6.21 Å². The van der Waals surface area contributed by atoms with Crippen LogP contribution in [0.1, 0.15) is 37.7 Å². The van der Waals surface area contributed by atoms with E-state index in [-0.39, 0.29) is 5.11 Å². The lowest BCUT2D eigenvalue weighted by Crippen LogP contribution is -2.48. The highest BCUT2D eigenvalue weighted by atomic mass is 32.1. The Balaban J connectivity index is 1.29. The van der Waals surface area contributed by atoms with Crippen LogP contribution in [-0.2, 0) is 0 Å². The number of nitrogens with one attached hydrogen (secondary N) is 1. The monoisotopic (exact) mass is 436 g/mol. The Kier molecular flexibility index (Phi) is 7.48. The van der Waals surface area contributed by atoms with E-state index in [4.69, 9.17) is 22.9 Å². The number of hydrogen-bond donors (Lipinski definition) is 2. The van der Waals surface area contributed by atoms with Gasteiger partial charge in [0, 0.05) is 44.5 Å². The standard InChI is InChI=1S/C24H32N6S/c25-24(31)28-27-16-19-6-8-21(9-7-19)22-10-11-23(26-17-22)30-14-12-29(13-15-30)18-20-4-2-1-3-5-20/h6-11,16-17,20H,1-5,12-15,18H2,(H3,25,28,31)/b27-16+. The Bertz CT molecular complexity index is 866. The summed E-state index contributed by atoms with van der Waals surface area (Å²) in [6.45, 7) is 5.70. The fourth-order valence-corrected chi connectivity index (χ4v) is 4.62. The number of rotatable bonds is 6. The molecule has 4 rings (SSSR count). The molecule has 2 aliphatic rings. The Labute approximate surface area is 190 Å². The first-order chi connectivity index (χ1) is 15.2. The Hall–Kier alpha value is -2.51. The van der Waals surface area contributed by atoms with E-state index < -0.39 is 0 Å². The summed E-state index contributed by atoms with van der Waals surface area (Å²) in [5, 5.41) is 4.14. The molecule has 0 spiro atoms. The molecule has 1 saturated carbocycles. The third kappa shape index (κ3) is 6.24. The molecule has 2 aromatic rings. The zero-order chi connectivity index (χ0) is 21.5. The van der Waals surface area contributed by atoms with Gasteiger partial charge in [-0.3, -0.25) is 10.3 Å². The van der Waals surface area contributed by atoms with Gasteiger partial charge in [0.1, 0.15) is 5.82 Å². The molecule has 2 fully saturated rings. The van der Waals surface area contributed by atoms with E-state index in [1.165, 1.54) is 38.6 Å². The number of benzene rings is 1. The van der Waals surface area contributed by atoms with Crippen molar-refractivity contribution in [2.45, 2.75) is 32.1 Å². The summed E-state index contributed by atoms with van der Waals surface area (Å²) < 4.78 is 0. The van der Waals surface area contributed by atoms with Gasteiger partial charge in [0.15, 0.2) is 5.11 Å². The smallest absolute Gasteiger partial charge is 0.184 e. The van der Waals surface area contributed by atoms with Gasteiger partial charge in [-0.05, 0) is 54.2 Å². The first-order valence-electron chi connectivity index (χ1n) is 11.3. The molecule has 0 bridgehead atoms. The fraction of sp³-hybridized carbons (Fsp3) is 0.458. The van der Waals surface area contributed by atoms with Crippen LogP contribution in [0.2, 0.25) is 0 Å². The Morgan fingerprint density at radius 2 is 1.74 bits per heavy atom. The zero-order valence-electron chi connectivity index (χ0n) is 18.0. The van der Waals surface area contributed by atoms with Gasteiger partial charge in [-0.25, -0.2) is 4.98 Å². The maximum absolute atomic E-state index is 5.36. The van der Waals surface area contributed by atoms with Gasteiger partial charge in [-0.15, -0.1) is 0 Å². The molecule has 164 valence electrons. The highest BCUT2D eigenvalue weighted by Gasteiger charge is 2.22. The number of pyridine rings is 1. The number of hydrazone groups is 1. The zero-order valence-corrected chi connectivity index (χ0v) is 18.9. The van der Waals surface area contributed by atoms with E-state index in [0.29, 0.717) is 0 Å². The second kappa shape index (κ2) is 10.7. The minimum atomic E-state index is 0.157. The number of hydrogen-bond acceptors (Lipinski definition) is 5. The van der Waals surface area contributed by atoms with Crippen molar-refractivity contribution in [2.24, 2.45) is 16.8 Å². The normalized spacial score (nSPS) is 18.4. The Morgan fingerprint density at radius 3 is 2.39 bits per heavy atom. The molecule has 3 N–H and O–H groups in total. The molecule has 7 heteroatoms. The number of piperazine rings is 1. The number of nitrogens with zero attached hydrogens (tertiary/aromatic N) is 4. The van der Waals surface area contributed by atoms with Crippen molar-refractivity contribution in [3.63, 3.8) is 0 Å². The van der Waals surface area contributed by atoms with Crippen molar-refractivity contribution < 1.29 is 0 Å². The molecular formula is C24H32N6S. The number of anilines is 1. The summed E-state index contributed by atoms with van der Waals surface area (Å²) in [5.74, 6) is 2.00. The Morgan fingerprint density at radius 1 is 1.03 bits per heavy atom. The van der Waals surface area contributed by atoms with Crippen molar-refractivity contribution in [1.82, 2.24) is 15.3 Å². The van der Waals surface area contributed by atoms with Crippen LogP contribution in [0.5, 0.6) is 0 Å². The molecule has 0 unspecified atom stereocenters. The van der Waals surface area contributed by atoms with Crippen molar-refractivity contribution in [3.05, 3.63) is 48.2 Å². The fourth-order valence-electron chi connectivity index (χ4n) is 4.57. The van der Waals surface area contributed by atoms with Crippen molar-refractivity contribution in [1.29, 1.82) is 0 Å². The molecular weight excluding hydrogens is 404 g/mol. The first-order valence-corrected chi connectivity index (χ1v) is 11.7. The average molecular weight is 437 g/mol. The second-order valence-electron chi connectivity index (χ2n) is 8.55. The molecule has 1 saturated heterocycles. The maximum Gasteiger partial charge on any atom is 0.184 e.